The van der Waals surface area contributed by atoms with Gasteiger partial charge in [-0.2, -0.15) is 0 Å². The highest BCUT2D eigenvalue weighted by atomic mass is 16.5. The van der Waals surface area contributed by atoms with E-state index in [4.69, 9.17) is 4.74 Å². The molecule has 3 aliphatic rings. The van der Waals surface area contributed by atoms with E-state index >= 15 is 0 Å². The van der Waals surface area contributed by atoms with Gasteiger partial charge in [0.25, 0.3) is 0 Å². The van der Waals surface area contributed by atoms with E-state index in [9.17, 15) is 9.90 Å². The van der Waals surface area contributed by atoms with Gasteiger partial charge >= 0.3 is 0 Å². The van der Waals surface area contributed by atoms with Crippen LogP contribution in [0.5, 0.6) is 5.75 Å². The molecule has 2 N–H and O–H groups in total. The van der Waals surface area contributed by atoms with E-state index in [1.165, 1.54) is 37.9 Å². The summed E-state index contributed by atoms with van der Waals surface area (Å²) >= 11 is 0. The fraction of sp³-hybridized carbons (Fsp3) is 0.731. The number of β-amino-alcohol motifs (C(OH)–C–C–N with tert-alkyl or cyclic N) is 1. The maximum absolute atomic E-state index is 11.3. The summed E-state index contributed by atoms with van der Waals surface area (Å²) in [5.41, 5.74) is 0.592. The average molecular weight is 459 g/mol. The smallest absolute Gasteiger partial charge is 0.217 e. The second kappa shape index (κ2) is 11.6. The molecule has 1 aromatic carbocycles. The predicted octanol–water partition coefficient (Wildman–Crippen LogP) is 2.09. The van der Waals surface area contributed by atoms with Gasteiger partial charge < -0.3 is 20.1 Å². The van der Waals surface area contributed by atoms with Crippen LogP contribution in [0.25, 0.3) is 0 Å². The number of hydrogen-bond acceptors (Lipinski definition) is 6. The van der Waals surface area contributed by atoms with Crippen molar-refractivity contribution in [3.63, 3.8) is 0 Å². The zero-order valence-corrected chi connectivity index (χ0v) is 20.3. The van der Waals surface area contributed by atoms with E-state index in [0.29, 0.717) is 6.54 Å². The second-order valence-corrected chi connectivity index (χ2v) is 10.3. The largest absolute Gasteiger partial charge is 0.492 e. The number of rotatable bonds is 9. The Bertz CT molecular complexity index is 762. The van der Waals surface area contributed by atoms with Crippen LogP contribution in [0.1, 0.15) is 51.0 Å². The number of nitrogens with zero attached hydrogens (tertiary/aromatic N) is 3. The zero-order valence-electron chi connectivity index (χ0n) is 20.3. The second-order valence-electron chi connectivity index (χ2n) is 10.3. The summed E-state index contributed by atoms with van der Waals surface area (Å²) in [6.07, 6.45) is 6.72. The summed E-state index contributed by atoms with van der Waals surface area (Å²) in [6, 6.07) is 8.71. The molecule has 4 rings (SSSR count). The molecule has 0 saturated carbocycles. The minimum Gasteiger partial charge on any atom is -0.492 e. The first-order valence-electron chi connectivity index (χ1n) is 12.9. The normalized spacial score (nSPS) is 25.9. The van der Waals surface area contributed by atoms with E-state index in [1.54, 1.807) is 6.92 Å². The quantitative estimate of drug-likeness (QED) is 0.591. The molecule has 1 amide bonds. The fourth-order valence-corrected chi connectivity index (χ4v) is 5.61. The van der Waals surface area contributed by atoms with Gasteiger partial charge in [-0.3, -0.25) is 14.6 Å². The first kappa shape index (κ1) is 24.5. The highest BCUT2D eigenvalue weighted by molar-refractivity contribution is 5.73. The van der Waals surface area contributed by atoms with Crippen molar-refractivity contribution in [2.45, 2.75) is 63.6 Å². The molecule has 0 aliphatic carbocycles. The first-order chi connectivity index (χ1) is 16.0. The van der Waals surface area contributed by atoms with Gasteiger partial charge in [0.2, 0.25) is 5.91 Å². The minimum atomic E-state index is -0.649. The van der Waals surface area contributed by atoms with Crippen molar-refractivity contribution in [2.75, 3.05) is 59.0 Å². The first-order valence-corrected chi connectivity index (χ1v) is 12.9. The van der Waals surface area contributed by atoms with Crippen LogP contribution in [0.3, 0.4) is 0 Å². The highest BCUT2D eigenvalue weighted by Gasteiger charge is 2.38. The molecule has 3 heterocycles. The summed E-state index contributed by atoms with van der Waals surface area (Å²) in [5, 5.41) is 14.2. The van der Waals surface area contributed by atoms with Crippen molar-refractivity contribution in [1.29, 1.82) is 0 Å². The number of nitrogens with one attached hydrogen (secondary N) is 1. The molecule has 0 unspecified atom stereocenters. The number of amides is 1. The van der Waals surface area contributed by atoms with Crippen LogP contribution >= 0.6 is 0 Å². The van der Waals surface area contributed by atoms with Gasteiger partial charge in [-0.15, -0.1) is 0 Å². The maximum atomic E-state index is 11.3. The number of carbonyl (C=O) groups is 1. The van der Waals surface area contributed by atoms with Crippen LogP contribution in [-0.2, 0) is 11.3 Å². The molecule has 0 radical (unpaired) electrons. The molecule has 0 spiro atoms. The van der Waals surface area contributed by atoms with Crippen LogP contribution in [0, 0.1) is 0 Å². The molecule has 3 fully saturated rings. The van der Waals surface area contributed by atoms with E-state index in [-0.39, 0.29) is 11.9 Å². The topological polar surface area (TPSA) is 68.3 Å². The van der Waals surface area contributed by atoms with Crippen molar-refractivity contribution in [1.82, 2.24) is 20.0 Å². The summed E-state index contributed by atoms with van der Waals surface area (Å²) in [4.78, 5) is 18.5. The van der Waals surface area contributed by atoms with Crippen molar-refractivity contribution in [2.24, 2.45) is 0 Å². The number of carbonyl (C=O) groups excluding carboxylic acids is 1. The standard InChI is InChI=1S/C26H42N4O3/c1-22(31)27-24-8-13-29(14-9-24)20-26(32)10-15-30(21-26)19-23-6-5-7-25(18-23)33-17-16-28-11-3-2-4-12-28/h5-7,18,24,32H,2-4,8-17,19-21H2,1H3,(H,27,31)/t26-/m0/s1. The number of piperidine rings is 2. The molecule has 1 atom stereocenters. The average Bonchev–Trinajstić information content (AvgIpc) is 3.16. The lowest BCUT2D eigenvalue weighted by molar-refractivity contribution is -0.120. The minimum absolute atomic E-state index is 0.0509. The van der Waals surface area contributed by atoms with Crippen LogP contribution in [0.2, 0.25) is 0 Å². The number of aliphatic hydroxyl groups is 1. The van der Waals surface area contributed by atoms with E-state index in [2.05, 4.69) is 38.2 Å². The van der Waals surface area contributed by atoms with Gasteiger partial charge in [-0.05, 0) is 62.9 Å². The Morgan fingerprint density at radius 1 is 1.09 bits per heavy atom. The zero-order chi connectivity index (χ0) is 23.1. The highest BCUT2D eigenvalue weighted by Crippen LogP contribution is 2.26. The molecular formula is C26H42N4O3. The molecule has 3 aliphatic heterocycles. The van der Waals surface area contributed by atoms with Crippen LogP contribution in [-0.4, -0.2) is 96.3 Å². The van der Waals surface area contributed by atoms with Crippen molar-refractivity contribution in [3.8, 4) is 5.75 Å². The SMILES string of the molecule is CC(=O)NC1CCN(C[C@@]2(O)CCN(Cc3cccc(OCCN4CCCCC4)c3)C2)CC1. The summed E-state index contributed by atoms with van der Waals surface area (Å²) < 4.78 is 6.05. The Kier molecular flexibility index (Phi) is 8.63. The summed E-state index contributed by atoms with van der Waals surface area (Å²) in [7, 11) is 0. The molecule has 7 heteroatoms. The van der Waals surface area contributed by atoms with Crippen molar-refractivity contribution in [3.05, 3.63) is 29.8 Å². The Morgan fingerprint density at radius 3 is 2.64 bits per heavy atom. The number of hydrogen-bond donors (Lipinski definition) is 2. The third-order valence-electron chi connectivity index (χ3n) is 7.35. The van der Waals surface area contributed by atoms with Crippen LogP contribution < -0.4 is 10.1 Å². The van der Waals surface area contributed by atoms with Crippen LogP contribution in [0.15, 0.2) is 24.3 Å². The monoisotopic (exact) mass is 458 g/mol. The molecule has 33 heavy (non-hydrogen) atoms. The lowest BCUT2D eigenvalue weighted by atomic mass is 9.99. The Morgan fingerprint density at radius 2 is 1.88 bits per heavy atom. The molecule has 7 nitrogen and oxygen atoms in total. The molecule has 184 valence electrons. The van der Waals surface area contributed by atoms with E-state index in [1.807, 2.05) is 6.07 Å². The number of likely N-dealkylation sites (tertiary alicyclic amines) is 3. The fourth-order valence-electron chi connectivity index (χ4n) is 5.61. The van der Waals surface area contributed by atoms with Gasteiger partial charge in [0, 0.05) is 58.8 Å². The number of ether oxygens (including phenoxy) is 1. The number of benzene rings is 1. The molecule has 0 aromatic heterocycles. The molecule has 1 aromatic rings. The van der Waals surface area contributed by atoms with Crippen molar-refractivity contribution < 1.29 is 14.6 Å². The summed E-state index contributed by atoms with van der Waals surface area (Å²) in [5.74, 6) is 0.996. The third-order valence-corrected chi connectivity index (χ3v) is 7.35. The van der Waals surface area contributed by atoms with Gasteiger partial charge in [-0.25, -0.2) is 0 Å². The third kappa shape index (κ3) is 7.67. The predicted molar refractivity (Wildman–Crippen MR) is 130 cm³/mol. The van der Waals surface area contributed by atoms with Gasteiger partial charge in [0.15, 0.2) is 0 Å². The summed E-state index contributed by atoms with van der Waals surface area (Å²) in [6.45, 7) is 10.8. The van der Waals surface area contributed by atoms with Crippen LogP contribution in [0.4, 0.5) is 0 Å². The lowest BCUT2D eigenvalue weighted by Crippen LogP contribution is -2.50. The molecular weight excluding hydrogens is 416 g/mol. The molecule has 3 saturated heterocycles. The van der Waals surface area contributed by atoms with Gasteiger partial charge in [0.1, 0.15) is 12.4 Å². The van der Waals surface area contributed by atoms with E-state index in [0.717, 1.165) is 70.9 Å². The Balaban J connectivity index is 1.19. The lowest BCUT2D eigenvalue weighted by Gasteiger charge is -2.36. The molecule has 0 bridgehead atoms. The van der Waals surface area contributed by atoms with Gasteiger partial charge in [0.05, 0.1) is 5.60 Å². The Hall–Kier alpha value is -1.67. The maximum Gasteiger partial charge on any atom is 0.217 e. The van der Waals surface area contributed by atoms with Gasteiger partial charge in [-0.1, -0.05) is 18.6 Å². The van der Waals surface area contributed by atoms with Crippen molar-refractivity contribution >= 4 is 5.91 Å². The van der Waals surface area contributed by atoms with E-state index < -0.39 is 5.60 Å². The Labute approximate surface area is 199 Å².